The van der Waals surface area contributed by atoms with Crippen molar-refractivity contribution < 1.29 is 4.74 Å². The second kappa shape index (κ2) is 6.23. The Morgan fingerprint density at radius 1 is 1.21 bits per heavy atom. The Morgan fingerprint density at radius 3 is 2.79 bits per heavy atom. The number of rotatable bonds is 5. The minimum atomic E-state index is 0.514. The third-order valence-corrected chi connectivity index (χ3v) is 3.01. The van der Waals surface area contributed by atoms with Gasteiger partial charge in [0.25, 0.3) is 0 Å². The van der Waals surface area contributed by atoms with E-state index in [1.54, 1.807) is 6.20 Å². The molecule has 2 rings (SSSR count). The van der Waals surface area contributed by atoms with Gasteiger partial charge in [0.05, 0.1) is 0 Å². The summed E-state index contributed by atoms with van der Waals surface area (Å²) in [5.74, 6) is 2.28. The molecule has 100 valence electrons. The normalized spacial score (nSPS) is 10.5. The average molecular weight is 256 g/mol. The highest BCUT2D eigenvalue weighted by Crippen LogP contribution is 2.21. The molecule has 0 amide bonds. The standard InChI is InChI=1S/C16H20N2O/c1-12(2)14-5-4-6-15(10-14)19-11-13-7-8-18-16(9-13)17-3/h4-10,12H,11H2,1-3H3,(H,17,18). The lowest BCUT2D eigenvalue weighted by molar-refractivity contribution is 0.305. The van der Waals surface area contributed by atoms with Crippen LogP contribution >= 0.6 is 0 Å². The molecule has 0 aliphatic rings. The Labute approximate surface area is 114 Å². The van der Waals surface area contributed by atoms with Crippen LogP contribution in [-0.2, 0) is 6.61 Å². The maximum atomic E-state index is 5.83. The molecule has 0 bridgehead atoms. The van der Waals surface area contributed by atoms with E-state index >= 15 is 0 Å². The molecule has 2 aromatic rings. The summed E-state index contributed by atoms with van der Waals surface area (Å²) < 4.78 is 5.83. The zero-order chi connectivity index (χ0) is 13.7. The van der Waals surface area contributed by atoms with Crippen molar-refractivity contribution in [2.45, 2.75) is 26.4 Å². The summed E-state index contributed by atoms with van der Waals surface area (Å²) >= 11 is 0. The molecule has 0 unspecified atom stereocenters. The van der Waals surface area contributed by atoms with Gasteiger partial charge in [-0.3, -0.25) is 0 Å². The predicted molar refractivity (Wildman–Crippen MR) is 78.6 cm³/mol. The molecule has 0 atom stereocenters. The quantitative estimate of drug-likeness (QED) is 0.883. The average Bonchev–Trinajstić information content (AvgIpc) is 2.45. The third kappa shape index (κ3) is 3.71. The highest BCUT2D eigenvalue weighted by Gasteiger charge is 2.02. The van der Waals surface area contributed by atoms with Crippen LogP contribution in [0.1, 0.15) is 30.9 Å². The van der Waals surface area contributed by atoms with Crippen molar-refractivity contribution in [1.29, 1.82) is 0 Å². The van der Waals surface area contributed by atoms with Crippen molar-refractivity contribution in [3.8, 4) is 5.75 Å². The highest BCUT2D eigenvalue weighted by atomic mass is 16.5. The fourth-order valence-corrected chi connectivity index (χ4v) is 1.83. The summed E-state index contributed by atoms with van der Waals surface area (Å²) in [4.78, 5) is 4.18. The third-order valence-electron chi connectivity index (χ3n) is 3.01. The number of hydrogen-bond acceptors (Lipinski definition) is 3. The molecule has 3 heteroatoms. The summed E-state index contributed by atoms with van der Waals surface area (Å²) in [5, 5.41) is 3.02. The molecule has 1 N–H and O–H groups in total. The molecule has 0 aliphatic carbocycles. The van der Waals surface area contributed by atoms with E-state index in [0.717, 1.165) is 17.1 Å². The van der Waals surface area contributed by atoms with Gasteiger partial charge in [-0.25, -0.2) is 4.98 Å². The summed E-state index contributed by atoms with van der Waals surface area (Å²) in [7, 11) is 1.86. The molecule has 19 heavy (non-hydrogen) atoms. The number of aromatic nitrogens is 1. The van der Waals surface area contributed by atoms with Crippen LogP contribution in [-0.4, -0.2) is 12.0 Å². The molecule has 1 aromatic carbocycles. The maximum Gasteiger partial charge on any atom is 0.126 e. The Kier molecular flexibility index (Phi) is 4.39. The van der Waals surface area contributed by atoms with E-state index in [0.29, 0.717) is 12.5 Å². The maximum absolute atomic E-state index is 5.83. The zero-order valence-electron chi connectivity index (χ0n) is 11.7. The van der Waals surface area contributed by atoms with E-state index in [-0.39, 0.29) is 0 Å². The van der Waals surface area contributed by atoms with Crippen LogP contribution < -0.4 is 10.1 Å². The van der Waals surface area contributed by atoms with Gasteiger partial charge in [-0.1, -0.05) is 26.0 Å². The van der Waals surface area contributed by atoms with Crippen molar-refractivity contribution in [2.24, 2.45) is 0 Å². The SMILES string of the molecule is CNc1cc(COc2cccc(C(C)C)c2)ccn1. The molecule has 1 heterocycles. The molecular formula is C16H20N2O. The lowest BCUT2D eigenvalue weighted by atomic mass is 10.0. The van der Waals surface area contributed by atoms with Gasteiger partial charge < -0.3 is 10.1 Å². The second-order valence-electron chi connectivity index (χ2n) is 4.82. The Balaban J connectivity index is 2.03. The predicted octanol–water partition coefficient (Wildman–Crippen LogP) is 3.83. The first kappa shape index (κ1) is 13.4. The summed E-state index contributed by atoms with van der Waals surface area (Å²) in [6, 6.07) is 12.2. The van der Waals surface area contributed by atoms with Crippen LogP contribution in [0.15, 0.2) is 42.6 Å². The molecule has 0 saturated carbocycles. The van der Waals surface area contributed by atoms with Gasteiger partial charge in [0, 0.05) is 13.2 Å². The number of nitrogens with zero attached hydrogens (tertiary/aromatic N) is 1. The van der Waals surface area contributed by atoms with Crippen molar-refractivity contribution in [2.75, 3.05) is 12.4 Å². The minimum absolute atomic E-state index is 0.514. The van der Waals surface area contributed by atoms with Crippen LogP contribution in [0.4, 0.5) is 5.82 Å². The molecule has 0 saturated heterocycles. The van der Waals surface area contributed by atoms with Gasteiger partial charge in [-0.05, 0) is 41.3 Å². The van der Waals surface area contributed by atoms with Gasteiger partial charge in [0.1, 0.15) is 18.2 Å². The number of benzene rings is 1. The minimum Gasteiger partial charge on any atom is -0.489 e. The molecule has 1 aromatic heterocycles. The lowest BCUT2D eigenvalue weighted by Gasteiger charge is -2.10. The Hall–Kier alpha value is -2.03. The monoisotopic (exact) mass is 256 g/mol. The van der Waals surface area contributed by atoms with E-state index in [1.807, 2.05) is 31.3 Å². The molecule has 0 fully saturated rings. The number of ether oxygens (including phenoxy) is 1. The van der Waals surface area contributed by atoms with Crippen molar-refractivity contribution in [3.63, 3.8) is 0 Å². The van der Waals surface area contributed by atoms with Gasteiger partial charge in [0.2, 0.25) is 0 Å². The first-order chi connectivity index (χ1) is 9.19. The molecule has 0 spiro atoms. The van der Waals surface area contributed by atoms with Crippen LogP contribution in [0, 0.1) is 0 Å². The van der Waals surface area contributed by atoms with Gasteiger partial charge in [-0.2, -0.15) is 0 Å². The van der Waals surface area contributed by atoms with Gasteiger partial charge in [-0.15, -0.1) is 0 Å². The van der Waals surface area contributed by atoms with Crippen LogP contribution in [0.2, 0.25) is 0 Å². The van der Waals surface area contributed by atoms with Gasteiger partial charge in [0.15, 0.2) is 0 Å². The van der Waals surface area contributed by atoms with Crippen LogP contribution in [0.5, 0.6) is 5.75 Å². The number of pyridine rings is 1. The fraction of sp³-hybridized carbons (Fsp3) is 0.312. The Bertz CT molecular complexity index is 538. The fourth-order valence-electron chi connectivity index (χ4n) is 1.83. The highest BCUT2D eigenvalue weighted by molar-refractivity contribution is 5.37. The lowest BCUT2D eigenvalue weighted by Crippen LogP contribution is -1.99. The van der Waals surface area contributed by atoms with Crippen molar-refractivity contribution in [3.05, 3.63) is 53.7 Å². The van der Waals surface area contributed by atoms with Crippen molar-refractivity contribution >= 4 is 5.82 Å². The van der Waals surface area contributed by atoms with E-state index in [2.05, 4.69) is 36.3 Å². The zero-order valence-corrected chi connectivity index (χ0v) is 11.7. The first-order valence-electron chi connectivity index (χ1n) is 6.54. The summed E-state index contributed by atoms with van der Waals surface area (Å²) in [5.41, 5.74) is 2.40. The van der Waals surface area contributed by atoms with Gasteiger partial charge >= 0.3 is 0 Å². The van der Waals surface area contributed by atoms with E-state index in [1.165, 1.54) is 5.56 Å². The van der Waals surface area contributed by atoms with Crippen LogP contribution in [0.3, 0.4) is 0 Å². The van der Waals surface area contributed by atoms with E-state index < -0.39 is 0 Å². The summed E-state index contributed by atoms with van der Waals surface area (Å²) in [6.07, 6.45) is 1.79. The molecule has 0 radical (unpaired) electrons. The molecular weight excluding hydrogens is 236 g/mol. The van der Waals surface area contributed by atoms with Crippen molar-refractivity contribution in [1.82, 2.24) is 4.98 Å². The number of hydrogen-bond donors (Lipinski definition) is 1. The second-order valence-corrected chi connectivity index (χ2v) is 4.82. The van der Waals surface area contributed by atoms with Crippen LogP contribution in [0.25, 0.3) is 0 Å². The van der Waals surface area contributed by atoms with E-state index in [9.17, 15) is 0 Å². The largest absolute Gasteiger partial charge is 0.489 e. The summed E-state index contributed by atoms with van der Waals surface area (Å²) in [6.45, 7) is 4.92. The first-order valence-corrected chi connectivity index (χ1v) is 6.54. The number of nitrogens with one attached hydrogen (secondary N) is 1. The molecule has 0 aliphatic heterocycles. The topological polar surface area (TPSA) is 34.1 Å². The Morgan fingerprint density at radius 2 is 2.05 bits per heavy atom. The van der Waals surface area contributed by atoms with E-state index in [4.69, 9.17) is 4.74 Å². The molecule has 3 nitrogen and oxygen atoms in total. The number of anilines is 1. The smallest absolute Gasteiger partial charge is 0.126 e.